The van der Waals surface area contributed by atoms with Crippen LogP contribution in [0.4, 0.5) is 0 Å². The van der Waals surface area contributed by atoms with Crippen LogP contribution in [0.1, 0.15) is 51.1 Å². The molecule has 29 heavy (non-hydrogen) atoms. The van der Waals surface area contributed by atoms with Crippen molar-refractivity contribution in [3.63, 3.8) is 0 Å². The Bertz CT molecular complexity index is 631. The van der Waals surface area contributed by atoms with Crippen LogP contribution in [-0.4, -0.2) is 67.7 Å². The molecule has 2 saturated heterocycles. The van der Waals surface area contributed by atoms with Gasteiger partial charge in [0.1, 0.15) is 0 Å². The quantitative estimate of drug-likeness (QED) is 0.316. The summed E-state index contributed by atoms with van der Waals surface area (Å²) in [5.41, 5.74) is 1.27. The van der Waals surface area contributed by atoms with Gasteiger partial charge in [0.2, 0.25) is 0 Å². The summed E-state index contributed by atoms with van der Waals surface area (Å²) in [6.45, 7) is 10.9. The number of ether oxygens (including phenoxy) is 1. The first kappa shape index (κ1) is 24.7. The minimum atomic E-state index is 0. The van der Waals surface area contributed by atoms with Crippen molar-refractivity contribution >= 4 is 41.5 Å². The van der Waals surface area contributed by atoms with Gasteiger partial charge in [-0.3, -0.25) is 9.89 Å². The maximum atomic E-state index is 6.28. The summed E-state index contributed by atoms with van der Waals surface area (Å²) in [5, 5.41) is 4.30. The van der Waals surface area contributed by atoms with Crippen LogP contribution in [-0.2, 0) is 4.74 Å². The molecular formula is C22H36ClIN4O. The third kappa shape index (κ3) is 7.26. The van der Waals surface area contributed by atoms with Gasteiger partial charge < -0.3 is 15.0 Å². The summed E-state index contributed by atoms with van der Waals surface area (Å²) in [4.78, 5) is 10.0. The normalized spacial score (nSPS) is 19.8. The molecular weight excluding hydrogens is 499 g/mol. The second-order valence-corrected chi connectivity index (χ2v) is 8.09. The van der Waals surface area contributed by atoms with E-state index in [1.165, 1.54) is 18.4 Å². The molecule has 2 aliphatic rings. The van der Waals surface area contributed by atoms with Crippen LogP contribution in [0.3, 0.4) is 0 Å². The molecule has 1 unspecified atom stereocenters. The number of guanidine groups is 1. The van der Waals surface area contributed by atoms with Gasteiger partial charge >= 0.3 is 0 Å². The molecule has 7 heteroatoms. The number of nitrogens with one attached hydrogen (secondary N) is 1. The summed E-state index contributed by atoms with van der Waals surface area (Å²) in [6.07, 6.45) is 5.08. The maximum absolute atomic E-state index is 6.28. The monoisotopic (exact) mass is 534 g/mol. The van der Waals surface area contributed by atoms with Crippen LogP contribution in [0.5, 0.6) is 0 Å². The molecule has 0 amide bonds. The van der Waals surface area contributed by atoms with E-state index in [1.807, 2.05) is 12.1 Å². The van der Waals surface area contributed by atoms with Gasteiger partial charge in [0.05, 0.1) is 18.7 Å². The van der Waals surface area contributed by atoms with E-state index in [0.717, 1.165) is 69.7 Å². The second kappa shape index (κ2) is 13.0. The molecule has 164 valence electrons. The largest absolute Gasteiger partial charge is 0.378 e. The summed E-state index contributed by atoms with van der Waals surface area (Å²) in [6, 6.07) is 8.57. The highest BCUT2D eigenvalue weighted by atomic mass is 127. The zero-order valence-electron chi connectivity index (χ0n) is 17.8. The Morgan fingerprint density at radius 1 is 1.21 bits per heavy atom. The van der Waals surface area contributed by atoms with E-state index in [1.54, 1.807) is 0 Å². The predicted octanol–water partition coefficient (Wildman–Crippen LogP) is 4.56. The summed E-state index contributed by atoms with van der Waals surface area (Å²) >= 11 is 6.28. The van der Waals surface area contributed by atoms with Crippen molar-refractivity contribution in [2.45, 2.75) is 51.7 Å². The zero-order chi connectivity index (χ0) is 19.8. The fourth-order valence-corrected chi connectivity index (χ4v) is 4.47. The lowest BCUT2D eigenvalue weighted by Crippen LogP contribution is -2.47. The molecule has 1 aromatic carbocycles. The van der Waals surface area contributed by atoms with Crippen molar-refractivity contribution in [1.82, 2.24) is 15.1 Å². The molecule has 1 atom stereocenters. The zero-order valence-corrected chi connectivity index (χ0v) is 20.9. The number of aliphatic imine (C=N–C) groups is 1. The highest BCUT2D eigenvalue weighted by molar-refractivity contribution is 14.0. The van der Waals surface area contributed by atoms with Crippen molar-refractivity contribution in [2.75, 3.05) is 45.9 Å². The van der Waals surface area contributed by atoms with Crippen LogP contribution in [0, 0.1) is 0 Å². The van der Waals surface area contributed by atoms with Gasteiger partial charge in [-0.25, -0.2) is 0 Å². The fraction of sp³-hybridized carbons (Fsp3) is 0.682. The Kier molecular flexibility index (Phi) is 11.0. The molecule has 5 nitrogen and oxygen atoms in total. The summed E-state index contributed by atoms with van der Waals surface area (Å²) in [5.74, 6) is 1.03. The fourth-order valence-electron chi connectivity index (χ4n) is 4.27. The molecule has 3 rings (SSSR count). The van der Waals surface area contributed by atoms with Crippen molar-refractivity contribution < 1.29 is 4.74 Å². The predicted molar refractivity (Wildman–Crippen MR) is 133 cm³/mol. The Balaban J connectivity index is 0.00000300. The smallest absolute Gasteiger partial charge is 0.193 e. The van der Waals surface area contributed by atoms with Gasteiger partial charge in [-0.05, 0) is 70.3 Å². The van der Waals surface area contributed by atoms with E-state index in [0.29, 0.717) is 6.10 Å². The van der Waals surface area contributed by atoms with E-state index in [2.05, 4.69) is 41.1 Å². The SMILES string of the molecule is CCNC(=NCC(c1cccc(Cl)c1)N1CCCC1)N1CCC(OCC)CC1.I. The molecule has 2 heterocycles. The number of piperidine rings is 1. The van der Waals surface area contributed by atoms with E-state index >= 15 is 0 Å². The third-order valence-corrected chi connectivity index (χ3v) is 5.94. The van der Waals surface area contributed by atoms with E-state index in [-0.39, 0.29) is 30.0 Å². The van der Waals surface area contributed by atoms with Gasteiger partial charge in [-0.1, -0.05) is 23.7 Å². The first-order chi connectivity index (χ1) is 13.7. The van der Waals surface area contributed by atoms with Crippen molar-refractivity contribution in [2.24, 2.45) is 4.99 Å². The Morgan fingerprint density at radius 2 is 1.93 bits per heavy atom. The van der Waals surface area contributed by atoms with E-state index in [9.17, 15) is 0 Å². The molecule has 0 aliphatic carbocycles. The number of rotatable bonds is 7. The minimum absolute atomic E-state index is 0. The van der Waals surface area contributed by atoms with Gasteiger partial charge in [-0.15, -0.1) is 24.0 Å². The van der Waals surface area contributed by atoms with Crippen LogP contribution < -0.4 is 5.32 Å². The first-order valence-corrected chi connectivity index (χ1v) is 11.2. The Morgan fingerprint density at radius 3 is 2.55 bits per heavy atom. The number of nitrogens with zero attached hydrogens (tertiary/aromatic N) is 3. The molecule has 2 fully saturated rings. The Hall–Kier alpha value is -0.570. The van der Waals surface area contributed by atoms with Gasteiger partial charge in [0, 0.05) is 31.3 Å². The van der Waals surface area contributed by atoms with Crippen LogP contribution >= 0.6 is 35.6 Å². The van der Waals surface area contributed by atoms with Crippen molar-refractivity contribution in [3.05, 3.63) is 34.9 Å². The Labute approximate surface area is 198 Å². The molecule has 0 aromatic heterocycles. The average molecular weight is 535 g/mol. The van der Waals surface area contributed by atoms with Gasteiger partial charge in [0.25, 0.3) is 0 Å². The molecule has 1 aromatic rings. The van der Waals surface area contributed by atoms with E-state index in [4.69, 9.17) is 21.3 Å². The first-order valence-electron chi connectivity index (χ1n) is 10.9. The standard InChI is InChI=1S/C22H35ClN4O.HI/c1-3-24-22(27-14-10-20(11-15-27)28-4-2)25-17-21(26-12-5-6-13-26)18-8-7-9-19(23)16-18;/h7-9,16,20-21H,3-6,10-15,17H2,1-2H3,(H,24,25);1H. The lowest BCUT2D eigenvalue weighted by Gasteiger charge is -2.34. The third-order valence-electron chi connectivity index (χ3n) is 5.71. The number of benzene rings is 1. The van der Waals surface area contributed by atoms with Crippen molar-refractivity contribution in [3.8, 4) is 0 Å². The molecule has 2 aliphatic heterocycles. The summed E-state index contributed by atoms with van der Waals surface area (Å²) < 4.78 is 5.80. The lowest BCUT2D eigenvalue weighted by atomic mass is 10.1. The average Bonchev–Trinajstić information content (AvgIpc) is 3.23. The van der Waals surface area contributed by atoms with Crippen LogP contribution in [0.15, 0.2) is 29.3 Å². The van der Waals surface area contributed by atoms with Crippen LogP contribution in [0.2, 0.25) is 5.02 Å². The number of hydrogen-bond acceptors (Lipinski definition) is 3. The minimum Gasteiger partial charge on any atom is -0.378 e. The van der Waals surface area contributed by atoms with Gasteiger partial charge in [0.15, 0.2) is 5.96 Å². The summed E-state index contributed by atoms with van der Waals surface area (Å²) in [7, 11) is 0. The van der Waals surface area contributed by atoms with Gasteiger partial charge in [-0.2, -0.15) is 0 Å². The second-order valence-electron chi connectivity index (χ2n) is 7.65. The number of likely N-dealkylation sites (tertiary alicyclic amines) is 2. The van der Waals surface area contributed by atoms with E-state index < -0.39 is 0 Å². The molecule has 0 spiro atoms. The number of halogens is 2. The lowest BCUT2D eigenvalue weighted by molar-refractivity contribution is 0.0263. The molecule has 0 radical (unpaired) electrons. The topological polar surface area (TPSA) is 40.1 Å². The number of hydrogen-bond donors (Lipinski definition) is 1. The highest BCUT2D eigenvalue weighted by Crippen LogP contribution is 2.27. The maximum Gasteiger partial charge on any atom is 0.193 e. The molecule has 0 bridgehead atoms. The molecule has 0 saturated carbocycles. The highest BCUT2D eigenvalue weighted by Gasteiger charge is 2.25. The van der Waals surface area contributed by atoms with Crippen molar-refractivity contribution in [1.29, 1.82) is 0 Å². The van der Waals surface area contributed by atoms with Crippen LogP contribution in [0.25, 0.3) is 0 Å². The molecule has 1 N–H and O–H groups in total.